The zero-order chi connectivity index (χ0) is 13.7. The normalized spacial score (nSPS) is 10.9. The first-order valence-electron chi connectivity index (χ1n) is 5.98. The number of aliphatic carboxylic acids is 1. The molecule has 18 heavy (non-hydrogen) atoms. The summed E-state index contributed by atoms with van der Waals surface area (Å²) in [4.78, 5) is 12.7. The van der Waals surface area contributed by atoms with E-state index < -0.39 is 5.97 Å². The zero-order valence-electron chi connectivity index (χ0n) is 11.3. The summed E-state index contributed by atoms with van der Waals surface area (Å²) in [7, 11) is 1.87. The average molecular weight is 272 g/mol. The number of carbonyl (C=O) groups is 1. The molecular formula is C11H20N4O2S. The predicted molar refractivity (Wildman–Crippen MR) is 72.1 cm³/mol. The third-order valence-corrected chi connectivity index (χ3v) is 3.49. The van der Waals surface area contributed by atoms with Gasteiger partial charge in [-0.15, -0.1) is 10.2 Å². The molecule has 0 aromatic carbocycles. The van der Waals surface area contributed by atoms with Crippen molar-refractivity contribution in [2.24, 2.45) is 7.05 Å². The van der Waals surface area contributed by atoms with Crippen LogP contribution in [0.15, 0.2) is 5.16 Å². The quantitative estimate of drug-likeness (QED) is 0.760. The molecule has 0 saturated heterocycles. The van der Waals surface area contributed by atoms with Gasteiger partial charge in [0.05, 0.1) is 5.75 Å². The van der Waals surface area contributed by atoms with E-state index in [9.17, 15) is 4.79 Å². The summed E-state index contributed by atoms with van der Waals surface area (Å²) in [6.07, 6.45) is 1.03. The predicted octanol–water partition coefficient (Wildman–Crippen LogP) is 1.62. The SMILES string of the molecule is CCCN(c1nnc(SCC(=O)O)n1C)C(C)C. The zero-order valence-corrected chi connectivity index (χ0v) is 12.1. The van der Waals surface area contributed by atoms with E-state index in [0.29, 0.717) is 11.2 Å². The highest BCUT2D eigenvalue weighted by Gasteiger charge is 2.18. The van der Waals surface area contributed by atoms with Crippen molar-refractivity contribution in [1.29, 1.82) is 0 Å². The van der Waals surface area contributed by atoms with Crippen LogP contribution < -0.4 is 4.90 Å². The highest BCUT2D eigenvalue weighted by Crippen LogP contribution is 2.21. The van der Waals surface area contributed by atoms with E-state index in [2.05, 4.69) is 35.9 Å². The smallest absolute Gasteiger partial charge is 0.313 e. The summed E-state index contributed by atoms with van der Waals surface area (Å²) >= 11 is 1.19. The highest BCUT2D eigenvalue weighted by molar-refractivity contribution is 7.99. The maximum Gasteiger partial charge on any atom is 0.313 e. The van der Waals surface area contributed by atoms with Gasteiger partial charge in [0, 0.05) is 19.6 Å². The monoisotopic (exact) mass is 272 g/mol. The Morgan fingerprint density at radius 1 is 1.50 bits per heavy atom. The van der Waals surface area contributed by atoms with Crippen molar-refractivity contribution in [2.45, 2.75) is 38.4 Å². The maximum atomic E-state index is 10.5. The number of thioether (sulfide) groups is 1. The Morgan fingerprint density at radius 2 is 2.17 bits per heavy atom. The minimum atomic E-state index is -0.848. The topological polar surface area (TPSA) is 71.2 Å². The molecule has 0 radical (unpaired) electrons. The van der Waals surface area contributed by atoms with Gasteiger partial charge in [-0.3, -0.25) is 9.36 Å². The molecule has 1 heterocycles. The van der Waals surface area contributed by atoms with Gasteiger partial charge in [0.15, 0.2) is 5.16 Å². The number of carboxylic acid groups (broad SMARTS) is 1. The third kappa shape index (κ3) is 3.63. The second kappa shape index (κ2) is 6.63. The minimum Gasteiger partial charge on any atom is -0.481 e. The molecule has 7 heteroatoms. The van der Waals surface area contributed by atoms with Crippen LogP contribution in [0.3, 0.4) is 0 Å². The second-order valence-electron chi connectivity index (χ2n) is 4.31. The van der Waals surface area contributed by atoms with Crippen LogP contribution >= 0.6 is 11.8 Å². The van der Waals surface area contributed by atoms with Crippen molar-refractivity contribution in [3.05, 3.63) is 0 Å². The lowest BCUT2D eigenvalue weighted by molar-refractivity contribution is -0.133. The fourth-order valence-electron chi connectivity index (χ4n) is 1.64. The van der Waals surface area contributed by atoms with Crippen LogP contribution in [0.25, 0.3) is 0 Å². The van der Waals surface area contributed by atoms with Crippen molar-refractivity contribution in [2.75, 3.05) is 17.2 Å². The van der Waals surface area contributed by atoms with Crippen LogP contribution in [0.5, 0.6) is 0 Å². The van der Waals surface area contributed by atoms with Gasteiger partial charge in [-0.2, -0.15) is 0 Å². The van der Waals surface area contributed by atoms with Crippen molar-refractivity contribution in [1.82, 2.24) is 14.8 Å². The minimum absolute atomic E-state index is 0.00142. The molecule has 102 valence electrons. The van der Waals surface area contributed by atoms with Crippen LogP contribution in [0, 0.1) is 0 Å². The molecular weight excluding hydrogens is 252 g/mol. The lowest BCUT2D eigenvalue weighted by Crippen LogP contribution is -2.33. The van der Waals surface area contributed by atoms with E-state index in [1.807, 2.05) is 11.6 Å². The molecule has 0 aliphatic carbocycles. The molecule has 0 aliphatic rings. The van der Waals surface area contributed by atoms with E-state index in [1.54, 1.807) is 0 Å². The first-order chi connectivity index (χ1) is 8.47. The number of nitrogens with zero attached hydrogens (tertiary/aromatic N) is 4. The van der Waals surface area contributed by atoms with Gasteiger partial charge in [-0.25, -0.2) is 0 Å². The van der Waals surface area contributed by atoms with Gasteiger partial charge in [0.2, 0.25) is 5.95 Å². The molecule has 0 bridgehead atoms. The van der Waals surface area contributed by atoms with Gasteiger partial charge < -0.3 is 10.0 Å². The summed E-state index contributed by atoms with van der Waals surface area (Å²) in [6, 6.07) is 0.338. The largest absolute Gasteiger partial charge is 0.481 e. The molecule has 1 aromatic rings. The molecule has 0 saturated carbocycles. The molecule has 0 spiro atoms. The van der Waals surface area contributed by atoms with E-state index in [4.69, 9.17) is 5.11 Å². The number of anilines is 1. The highest BCUT2D eigenvalue weighted by atomic mass is 32.2. The molecule has 0 atom stereocenters. The van der Waals surface area contributed by atoms with Crippen LogP contribution in [0.4, 0.5) is 5.95 Å². The lowest BCUT2D eigenvalue weighted by atomic mass is 10.3. The summed E-state index contributed by atoms with van der Waals surface area (Å²) in [5, 5.41) is 17.5. The average Bonchev–Trinajstić information content (AvgIpc) is 2.64. The Kier molecular flexibility index (Phi) is 5.46. The third-order valence-electron chi connectivity index (χ3n) is 2.48. The molecule has 0 amide bonds. The molecule has 0 fully saturated rings. The number of rotatable bonds is 7. The van der Waals surface area contributed by atoms with Gasteiger partial charge >= 0.3 is 5.97 Å². The fourth-order valence-corrected chi connectivity index (χ4v) is 2.27. The summed E-state index contributed by atoms with van der Waals surface area (Å²) in [5.74, 6) is -0.0555. The van der Waals surface area contributed by atoms with Gasteiger partial charge in [-0.05, 0) is 20.3 Å². The molecule has 1 aromatic heterocycles. The summed E-state index contributed by atoms with van der Waals surface area (Å²) in [6.45, 7) is 7.24. The van der Waals surface area contributed by atoms with Gasteiger partial charge in [0.25, 0.3) is 0 Å². The Bertz CT molecular complexity index is 406. The second-order valence-corrected chi connectivity index (χ2v) is 5.25. The summed E-state index contributed by atoms with van der Waals surface area (Å²) < 4.78 is 1.85. The first kappa shape index (κ1) is 14.8. The Hall–Kier alpha value is -1.24. The van der Waals surface area contributed by atoms with Crippen molar-refractivity contribution in [3.8, 4) is 0 Å². The van der Waals surface area contributed by atoms with Crippen molar-refractivity contribution < 1.29 is 9.90 Å². The molecule has 0 aliphatic heterocycles. The number of hydrogen-bond donors (Lipinski definition) is 1. The van der Waals surface area contributed by atoms with E-state index >= 15 is 0 Å². The van der Waals surface area contributed by atoms with E-state index in [-0.39, 0.29) is 5.75 Å². The Morgan fingerprint density at radius 3 is 2.67 bits per heavy atom. The van der Waals surface area contributed by atoms with Crippen LogP contribution in [-0.4, -0.2) is 44.2 Å². The van der Waals surface area contributed by atoms with Crippen LogP contribution in [0.2, 0.25) is 0 Å². The standard InChI is InChI=1S/C11H20N4O2S/c1-5-6-15(8(2)3)10-12-13-11(14(10)4)18-7-9(16)17/h8H,5-7H2,1-4H3,(H,16,17). The van der Waals surface area contributed by atoms with E-state index in [1.165, 1.54) is 11.8 Å². The number of hydrogen-bond acceptors (Lipinski definition) is 5. The van der Waals surface area contributed by atoms with Crippen molar-refractivity contribution in [3.63, 3.8) is 0 Å². The molecule has 6 nitrogen and oxygen atoms in total. The van der Waals surface area contributed by atoms with Gasteiger partial charge in [-0.1, -0.05) is 18.7 Å². The summed E-state index contributed by atoms with van der Waals surface area (Å²) in [5.41, 5.74) is 0. The number of aromatic nitrogens is 3. The molecule has 0 unspecified atom stereocenters. The Balaban J connectivity index is 2.86. The van der Waals surface area contributed by atoms with Crippen molar-refractivity contribution >= 4 is 23.7 Å². The Labute approximate surface area is 111 Å². The van der Waals surface area contributed by atoms with E-state index in [0.717, 1.165) is 18.9 Å². The van der Waals surface area contributed by atoms with Gasteiger partial charge in [0.1, 0.15) is 0 Å². The molecule has 1 N–H and O–H groups in total. The first-order valence-corrected chi connectivity index (χ1v) is 6.96. The van der Waals surface area contributed by atoms with Crippen LogP contribution in [0.1, 0.15) is 27.2 Å². The molecule has 1 rings (SSSR count). The van der Waals surface area contributed by atoms with Crippen LogP contribution in [-0.2, 0) is 11.8 Å². The maximum absolute atomic E-state index is 10.5. The lowest BCUT2D eigenvalue weighted by Gasteiger charge is -2.26. The fraction of sp³-hybridized carbons (Fsp3) is 0.727. The number of carboxylic acids is 1.